The molecule has 0 spiro atoms. The lowest BCUT2D eigenvalue weighted by molar-refractivity contribution is 0.599. The van der Waals surface area contributed by atoms with Crippen molar-refractivity contribution < 1.29 is 12.8 Å². The van der Waals surface area contributed by atoms with Crippen molar-refractivity contribution in [3.8, 4) is 0 Å². The van der Waals surface area contributed by atoms with Gasteiger partial charge in [0.15, 0.2) is 0 Å². The third kappa shape index (κ3) is 3.02. The van der Waals surface area contributed by atoms with Crippen LogP contribution in [0.5, 0.6) is 0 Å². The van der Waals surface area contributed by atoms with E-state index in [1.54, 1.807) is 25.1 Å². The number of aromatic nitrogens is 1. The molecule has 8 heteroatoms. The Hall–Kier alpha value is -1.76. The zero-order valence-electron chi connectivity index (χ0n) is 11.8. The maximum atomic E-state index is 13.9. The van der Waals surface area contributed by atoms with Gasteiger partial charge in [0.05, 0.1) is 5.69 Å². The standard InChI is InChI=1S/C15H11Cl2FN2O2S/c1-8-4-14(12(18)6-11(8)17)20-23(21,22)15-7-19-13-5-9(16)2-3-10(13)15/h2-7,19-20H,1H3. The van der Waals surface area contributed by atoms with Gasteiger partial charge in [-0.25, -0.2) is 12.8 Å². The Morgan fingerprint density at radius 1 is 1.17 bits per heavy atom. The van der Waals surface area contributed by atoms with Crippen LogP contribution in [0.3, 0.4) is 0 Å². The SMILES string of the molecule is Cc1cc(NS(=O)(=O)c2c[nH]c3cc(Cl)ccc23)c(F)cc1Cl. The average Bonchev–Trinajstić information content (AvgIpc) is 2.88. The molecule has 4 nitrogen and oxygen atoms in total. The number of fused-ring (bicyclic) bond motifs is 1. The number of H-pyrrole nitrogens is 1. The number of anilines is 1. The van der Waals surface area contributed by atoms with Crippen LogP contribution in [0.1, 0.15) is 5.56 Å². The maximum absolute atomic E-state index is 13.9. The number of sulfonamides is 1. The molecule has 1 aromatic heterocycles. The van der Waals surface area contributed by atoms with Crippen LogP contribution in [0, 0.1) is 12.7 Å². The minimum atomic E-state index is -3.97. The minimum Gasteiger partial charge on any atom is -0.360 e. The second-order valence-electron chi connectivity index (χ2n) is 5.03. The zero-order chi connectivity index (χ0) is 16.8. The molecule has 120 valence electrons. The number of halogens is 3. The second kappa shape index (κ2) is 5.70. The highest BCUT2D eigenvalue weighted by atomic mass is 35.5. The predicted octanol–water partition coefficient (Wildman–Crippen LogP) is 4.72. The van der Waals surface area contributed by atoms with Crippen LogP contribution >= 0.6 is 23.2 Å². The molecule has 1 heterocycles. The first kappa shape index (κ1) is 16.1. The molecule has 2 aromatic carbocycles. The molecule has 0 aliphatic heterocycles. The first-order valence-electron chi connectivity index (χ1n) is 6.53. The summed E-state index contributed by atoms with van der Waals surface area (Å²) in [6.07, 6.45) is 1.34. The molecule has 0 amide bonds. The number of nitrogens with one attached hydrogen (secondary N) is 2. The van der Waals surface area contributed by atoms with Crippen molar-refractivity contribution in [3.63, 3.8) is 0 Å². The van der Waals surface area contributed by atoms with E-state index < -0.39 is 15.8 Å². The minimum absolute atomic E-state index is 0.0103. The van der Waals surface area contributed by atoms with E-state index in [2.05, 4.69) is 9.71 Å². The number of rotatable bonds is 3. The van der Waals surface area contributed by atoms with Crippen molar-refractivity contribution in [2.75, 3.05) is 4.72 Å². The van der Waals surface area contributed by atoms with Crippen molar-refractivity contribution in [1.82, 2.24) is 4.98 Å². The zero-order valence-corrected chi connectivity index (χ0v) is 14.2. The number of hydrogen-bond acceptors (Lipinski definition) is 2. The largest absolute Gasteiger partial charge is 0.360 e. The summed E-state index contributed by atoms with van der Waals surface area (Å²) in [6, 6.07) is 7.21. The van der Waals surface area contributed by atoms with Gasteiger partial charge in [-0.2, -0.15) is 0 Å². The van der Waals surface area contributed by atoms with Crippen LogP contribution in [0.25, 0.3) is 10.9 Å². The molecule has 2 N–H and O–H groups in total. The highest BCUT2D eigenvalue weighted by molar-refractivity contribution is 7.93. The molecule has 0 saturated carbocycles. The maximum Gasteiger partial charge on any atom is 0.264 e. The first-order chi connectivity index (χ1) is 10.8. The molecule has 23 heavy (non-hydrogen) atoms. The molecule has 0 saturated heterocycles. The number of aromatic amines is 1. The van der Waals surface area contributed by atoms with E-state index in [4.69, 9.17) is 23.2 Å². The van der Waals surface area contributed by atoms with Gasteiger partial charge in [0.1, 0.15) is 10.7 Å². The lowest BCUT2D eigenvalue weighted by Crippen LogP contribution is -2.13. The lowest BCUT2D eigenvalue weighted by atomic mass is 10.2. The Balaban J connectivity index is 2.06. The molecule has 3 aromatic rings. The molecule has 3 rings (SSSR count). The fourth-order valence-corrected chi connectivity index (χ4v) is 3.79. The van der Waals surface area contributed by atoms with Crippen LogP contribution in [-0.2, 0) is 10.0 Å². The highest BCUT2D eigenvalue weighted by Crippen LogP contribution is 2.29. The van der Waals surface area contributed by atoms with E-state index in [1.807, 2.05) is 0 Å². The summed E-state index contributed by atoms with van der Waals surface area (Å²) in [7, 11) is -3.97. The average molecular weight is 373 g/mol. The summed E-state index contributed by atoms with van der Waals surface area (Å²) in [5.41, 5.74) is 0.984. The Kier molecular flexibility index (Phi) is 4.00. The van der Waals surface area contributed by atoms with Crippen LogP contribution in [0.2, 0.25) is 10.0 Å². The normalized spacial score (nSPS) is 11.8. The topological polar surface area (TPSA) is 62.0 Å². The molecule has 0 aliphatic rings. The lowest BCUT2D eigenvalue weighted by Gasteiger charge is -2.10. The second-order valence-corrected chi connectivity index (χ2v) is 7.52. The summed E-state index contributed by atoms with van der Waals surface area (Å²) in [6.45, 7) is 1.66. The molecular formula is C15H11Cl2FN2O2S. The van der Waals surface area contributed by atoms with E-state index in [-0.39, 0.29) is 15.6 Å². The number of hydrogen-bond donors (Lipinski definition) is 2. The Bertz CT molecular complexity index is 1020. The van der Waals surface area contributed by atoms with Crippen LogP contribution in [-0.4, -0.2) is 13.4 Å². The molecule has 0 fully saturated rings. The van der Waals surface area contributed by atoms with Crippen LogP contribution < -0.4 is 4.72 Å². The van der Waals surface area contributed by atoms with Crippen molar-refractivity contribution in [3.05, 3.63) is 58.0 Å². The van der Waals surface area contributed by atoms with Crippen molar-refractivity contribution in [2.45, 2.75) is 11.8 Å². The van der Waals surface area contributed by atoms with Gasteiger partial charge in [-0.15, -0.1) is 0 Å². The van der Waals surface area contributed by atoms with Gasteiger partial charge in [0, 0.05) is 27.1 Å². The predicted molar refractivity (Wildman–Crippen MR) is 90.3 cm³/mol. The molecule has 0 bridgehead atoms. The summed E-state index contributed by atoms with van der Waals surface area (Å²) >= 11 is 11.7. The van der Waals surface area contributed by atoms with E-state index in [0.717, 1.165) is 6.07 Å². The number of aryl methyl sites for hydroxylation is 1. The van der Waals surface area contributed by atoms with Gasteiger partial charge in [-0.1, -0.05) is 23.2 Å². The summed E-state index contributed by atoms with van der Waals surface area (Å²) < 4.78 is 41.3. The fourth-order valence-electron chi connectivity index (χ4n) is 2.23. The van der Waals surface area contributed by atoms with E-state index >= 15 is 0 Å². The summed E-state index contributed by atoms with van der Waals surface area (Å²) in [5.74, 6) is -0.743. The monoisotopic (exact) mass is 372 g/mol. The first-order valence-corrected chi connectivity index (χ1v) is 8.77. The smallest absolute Gasteiger partial charge is 0.264 e. The Morgan fingerprint density at radius 3 is 2.65 bits per heavy atom. The van der Waals surface area contributed by atoms with Gasteiger partial charge in [-0.05, 0) is 42.8 Å². The van der Waals surface area contributed by atoms with E-state index in [9.17, 15) is 12.8 Å². The van der Waals surface area contributed by atoms with Gasteiger partial charge >= 0.3 is 0 Å². The molecule has 0 atom stereocenters. The van der Waals surface area contributed by atoms with Gasteiger partial charge in [0.25, 0.3) is 10.0 Å². The van der Waals surface area contributed by atoms with Crippen molar-refractivity contribution in [2.24, 2.45) is 0 Å². The van der Waals surface area contributed by atoms with Crippen molar-refractivity contribution >= 4 is 49.8 Å². The van der Waals surface area contributed by atoms with E-state index in [0.29, 0.717) is 21.5 Å². The van der Waals surface area contributed by atoms with Gasteiger partial charge < -0.3 is 4.98 Å². The number of benzene rings is 2. The summed E-state index contributed by atoms with van der Waals surface area (Å²) in [5, 5.41) is 1.18. The van der Waals surface area contributed by atoms with Gasteiger partial charge in [0.2, 0.25) is 0 Å². The fraction of sp³-hybridized carbons (Fsp3) is 0.0667. The van der Waals surface area contributed by atoms with Crippen molar-refractivity contribution in [1.29, 1.82) is 0 Å². The third-order valence-corrected chi connectivity index (χ3v) is 5.44. The quantitative estimate of drug-likeness (QED) is 0.698. The van der Waals surface area contributed by atoms with Gasteiger partial charge in [-0.3, -0.25) is 4.72 Å². The Labute approximate surface area is 142 Å². The molecule has 0 aliphatic carbocycles. The van der Waals surface area contributed by atoms with Crippen LogP contribution in [0.4, 0.5) is 10.1 Å². The highest BCUT2D eigenvalue weighted by Gasteiger charge is 2.21. The van der Waals surface area contributed by atoms with Crippen LogP contribution in [0.15, 0.2) is 41.4 Å². The molecule has 0 unspecified atom stereocenters. The third-order valence-electron chi connectivity index (χ3n) is 3.39. The molecule has 0 radical (unpaired) electrons. The molecular weight excluding hydrogens is 362 g/mol. The van der Waals surface area contributed by atoms with E-state index in [1.165, 1.54) is 12.3 Å². The summed E-state index contributed by atoms with van der Waals surface area (Å²) in [4.78, 5) is 2.85. The Morgan fingerprint density at radius 2 is 1.91 bits per heavy atom.